The summed E-state index contributed by atoms with van der Waals surface area (Å²) in [5.74, 6) is 0. The molecule has 0 fully saturated rings. The average molecular weight is 716 g/mol. The van der Waals surface area contributed by atoms with Crippen molar-refractivity contribution >= 4 is 76.9 Å². The fourth-order valence-electron chi connectivity index (χ4n) is 8.77. The van der Waals surface area contributed by atoms with Crippen molar-refractivity contribution in [2.24, 2.45) is 0 Å². The predicted molar refractivity (Wildman–Crippen MR) is 223 cm³/mol. The molecule has 10 rings (SSSR count). The third-order valence-electron chi connectivity index (χ3n) is 10.7. The third-order valence-corrected chi connectivity index (χ3v) is 13.1. The normalized spacial score (nSPS) is 12.2. The molecule has 10 aromatic rings. The first-order valence-corrected chi connectivity index (χ1v) is 19.6. The summed E-state index contributed by atoms with van der Waals surface area (Å²) < 4.78 is 2.93. The van der Waals surface area contributed by atoms with Crippen LogP contribution in [0.1, 0.15) is 26.3 Å². The fraction of sp³-hybridized carbons (Fsp3) is 0.0800. The first-order valence-electron chi connectivity index (χ1n) is 17.9. The van der Waals surface area contributed by atoms with Gasteiger partial charge in [0.25, 0.3) is 0 Å². The van der Waals surface area contributed by atoms with Crippen molar-refractivity contribution in [1.82, 2.24) is 0 Å². The Labute approximate surface area is 304 Å². The van der Waals surface area contributed by atoms with Crippen LogP contribution < -0.4 is 0 Å². The van der Waals surface area contributed by atoms with Gasteiger partial charge in [-0.1, -0.05) is 0 Å². The van der Waals surface area contributed by atoms with E-state index in [0.29, 0.717) is 0 Å². The van der Waals surface area contributed by atoms with Gasteiger partial charge < -0.3 is 0 Å². The van der Waals surface area contributed by atoms with Crippen LogP contribution in [0.3, 0.4) is 0 Å². The Morgan fingerprint density at radius 3 is 1.35 bits per heavy atom. The Balaban J connectivity index is 1.31. The summed E-state index contributed by atoms with van der Waals surface area (Å²) in [6.45, 7) is 7.05. The molecule has 1 heterocycles. The first kappa shape index (κ1) is 30.4. The molecule has 0 saturated carbocycles. The molecule has 0 aliphatic rings. The van der Waals surface area contributed by atoms with E-state index in [1.807, 2.05) is 0 Å². The van der Waals surface area contributed by atoms with Crippen LogP contribution in [0.25, 0.3) is 95.8 Å². The zero-order chi connectivity index (χ0) is 34.3. The summed E-state index contributed by atoms with van der Waals surface area (Å²) in [7, 11) is 0. The van der Waals surface area contributed by atoms with Gasteiger partial charge in [0, 0.05) is 0 Å². The second kappa shape index (κ2) is 11.5. The summed E-state index contributed by atoms with van der Waals surface area (Å²) in [4.78, 5) is 0. The van der Waals surface area contributed by atoms with E-state index in [1.165, 1.54) is 101 Å². The molecule has 0 bridgehead atoms. The first-order chi connectivity index (χ1) is 25.0. The zero-order valence-corrected chi connectivity index (χ0v) is 30.7. The molecular formula is C50H36Se. The van der Waals surface area contributed by atoms with Gasteiger partial charge in [-0.3, -0.25) is 0 Å². The number of benzene rings is 9. The Hall–Kier alpha value is -5.46. The van der Waals surface area contributed by atoms with Crippen LogP contribution in [0, 0.1) is 0 Å². The molecule has 1 heteroatoms. The van der Waals surface area contributed by atoms with Crippen molar-refractivity contribution in [3.8, 4) is 33.4 Å². The monoisotopic (exact) mass is 716 g/mol. The summed E-state index contributed by atoms with van der Waals surface area (Å²) in [6.07, 6.45) is 0. The van der Waals surface area contributed by atoms with E-state index in [1.54, 1.807) is 0 Å². The van der Waals surface area contributed by atoms with Gasteiger partial charge in [0.1, 0.15) is 0 Å². The molecule has 0 radical (unpaired) electrons. The van der Waals surface area contributed by atoms with Gasteiger partial charge in [-0.2, -0.15) is 0 Å². The summed E-state index contributed by atoms with van der Waals surface area (Å²) in [5, 5.41) is 13.3. The molecule has 0 atom stereocenters. The zero-order valence-electron chi connectivity index (χ0n) is 29.0. The van der Waals surface area contributed by atoms with Crippen molar-refractivity contribution in [2.75, 3.05) is 0 Å². The van der Waals surface area contributed by atoms with E-state index in [-0.39, 0.29) is 19.9 Å². The number of rotatable bonds is 3. The van der Waals surface area contributed by atoms with Crippen LogP contribution in [0.4, 0.5) is 0 Å². The predicted octanol–water partition coefficient (Wildman–Crippen LogP) is 14.0. The van der Waals surface area contributed by atoms with Crippen LogP contribution in [0.2, 0.25) is 0 Å². The Morgan fingerprint density at radius 2 is 0.824 bits per heavy atom. The van der Waals surface area contributed by atoms with Crippen LogP contribution in [0.15, 0.2) is 164 Å². The van der Waals surface area contributed by atoms with Gasteiger partial charge in [0.2, 0.25) is 0 Å². The van der Waals surface area contributed by atoms with Gasteiger partial charge in [-0.15, -0.1) is 0 Å². The maximum absolute atomic E-state index is 2.51. The fourth-order valence-corrected chi connectivity index (χ4v) is 11.1. The van der Waals surface area contributed by atoms with E-state index in [4.69, 9.17) is 0 Å². The topological polar surface area (TPSA) is 0 Å². The van der Waals surface area contributed by atoms with Crippen LogP contribution in [-0.4, -0.2) is 14.5 Å². The van der Waals surface area contributed by atoms with Gasteiger partial charge in [-0.25, -0.2) is 0 Å². The van der Waals surface area contributed by atoms with Gasteiger partial charge in [-0.05, 0) is 0 Å². The Bertz CT molecular complexity index is 2880. The number of hydrogen-bond donors (Lipinski definition) is 0. The second-order valence-corrected chi connectivity index (χ2v) is 17.1. The minimum absolute atomic E-state index is 0.00257. The maximum atomic E-state index is 2.51. The van der Waals surface area contributed by atoms with Gasteiger partial charge in [0.05, 0.1) is 0 Å². The van der Waals surface area contributed by atoms with Crippen LogP contribution >= 0.6 is 0 Å². The standard InChI is InChI=1S/C50H36Se/c1-50(2,3)49-39-24-13-11-22-37(39)47(38-23-12-14-25-40(38)49)41-26-15-27-44-48(41)42-30-32(28-29-43(42)51-44)46-35-20-9-7-18-33(35)45(31-16-5-4-6-17-31)34-19-8-10-21-36(34)46/h4-30H,1-3H3. The molecule has 0 N–H and O–H groups in total. The van der Waals surface area contributed by atoms with E-state index in [0.717, 1.165) is 0 Å². The van der Waals surface area contributed by atoms with Gasteiger partial charge in [0.15, 0.2) is 0 Å². The molecule has 9 aromatic carbocycles. The summed E-state index contributed by atoms with van der Waals surface area (Å²) in [6, 6.07) is 61.4. The minimum atomic E-state index is 0.00257. The third kappa shape index (κ3) is 4.66. The molecule has 51 heavy (non-hydrogen) atoms. The van der Waals surface area contributed by atoms with Crippen molar-refractivity contribution in [3.05, 3.63) is 169 Å². The molecule has 0 saturated heterocycles. The van der Waals surface area contributed by atoms with E-state index in [9.17, 15) is 0 Å². The van der Waals surface area contributed by atoms with Crippen molar-refractivity contribution in [3.63, 3.8) is 0 Å². The van der Waals surface area contributed by atoms with Crippen LogP contribution in [-0.2, 0) is 5.41 Å². The van der Waals surface area contributed by atoms with Crippen LogP contribution in [0.5, 0.6) is 0 Å². The molecule has 1 aromatic heterocycles. The number of fused-ring (bicyclic) bond motifs is 7. The molecule has 0 aliphatic carbocycles. The van der Waals surface area contributed by atoms with E-state index in [2.05, 4.69) is 185 Å². The molecule has 0 unspecified atom stereocenters. The Morgan fingerprint density at radius 1 is 0.353 bits per heavy atom. The second-order valence-electron chi connectivity index (χ2n) is 14.8. The summed E-state index contributed by atoms with van der Waals surface area (Å²) >= 11 is 0.234. The van der Waals surface area contributed by atoms with E-state index >= 15 is 0 Å². The number of hydrogen-bond acceptors (Lipinski definition) is 0. The molecule has 0 spiro atoms. The van der Waals surface area contributed by atoms with Crippen molar-refractivity contribution in [2.45, 2.75) is 26.2 Å². The quantitative estimate of drug-likeness (QED) is 0.126. The average Bonchev–Trinajstić information content (AvgIpc) is 3.54. The van der Waals surface area contributed by atoms with Crippen molar-refractivity contribution in [1.29, 1.82) is 0 Å². The molecule has 242 valence electrons. The molecule has 0 nitrogen and oxygen atoms in total. The summed E-state index contributed by atoms with van der Waals surface area (Å²) in [5.41, 5.74) is 9.26. The molecule has 0 aliphatic heterocycles. The Kier molecular flexibility index (Phi) is 6.87. The molecule has 0 amide bonds. The van der Waals surface area contributed by atoms with Crippen molar-refractivity contribution < 1.29 is 0 Å². The van der Waals surface area contributed by atoms with E-state index < -0.39 is 0 Å². The van der Waals surface area contributed by atoms with Gasteiger partial charge >= 0.3 is 306 Å². The molecular weight excluding hydrogens is 680 g/mol. The SMILES string of the molecule is CC(C)(C)c1c2ccccc2c(-c2cccc3[se]c4ccc(-c5c6ccccc6c(-c6ccccc6)c6ccccc56)cc4c23)c2ccccc12.